The molecule has 16 nitrogen and oxygen atoms in total. The highest BCUT2D eigenvalue weighted by atomic mass is 16.7. The summed E-state index contributed by atoms with van der Waals surface area (Å²) in [5.74, 6) is -3.18. The number of aromatic nitrogens is 4. The van der Waals surface area contributed by atoms with Crippen molar-refractivity contribution >= 4 is 17.8 Å². The van der Waals surface area contributed by atoms with Crippen LogP contribution in [0, 0.1) is 17.8 Å². The molecule has 5 heterocycles. The van der Waals surface area contributed by atoms with Crippen LogP contribution in [0.3, 0.4) is 0 Å². The zero-order valence-electron chi connectivity index (χ0n) is 35.6. The Bertz CT molecular complexity index is 1660. The maximum atomic E-state index is 14.4. The van der Waals surface area contributed by atoms with Crippen molar-refractivity contribution in [3.8, 4) is 11.4 Å². The number of carbonyl (C=O) groups excluding carboxylic acids is 3. The van der Waals surface area contributed by atoms with E-state index in [1.165, 1.54) is 6.92 Å². The summed E-state index contributed by atoms with van der Waals surface area (Å²) in [4.78, 5) is 50.2. The fourth-order valence-corrected chi connectivity index (χ4v) is 9.10. The number of rotatable bonds is 10. The first-order valence-electron chi connectivity index (χ1n) is 20.4. The summed E-state index contributed by atoms with van der Waals surface area (Å²) in [6, 6.07) is 4.53. The number of Topliss-reactive ketones (excluding diaryl/α,β-unsaturated/α-hetero) is 1. The highest BCUT2D eigenvalue weighted by Gasteiger charge is 2.58. The van der Waals surface area contributed by atoms with E-state index < -0.39 is 71.5 Å². The van der Waals surface area contributed by atoms with Crippen LogP contribution in [0.25, 0.3) is 11.4 Å². The third-order valence-electron chi connectivity index (χ3n) is 12.3. The zero-order valence-corrected chi connectivity index (χ0v) is 35.6. The predicted molar refractivity (Wildman–Crippen MR) is 211 cm³/mol. The molecule has 3 aliphatic rings. The van der Waals surface area contributed by atoms with E-state index in [0.717, 1.165) is 5.69 Å². The van der Waals surface area contributed by atoms with Crippen LogP contribution in [0.15, 0.2) is 30.6 Å². The van der Waals surface area contributed by atoms with E-state index in [4.69, 9.17) is 23.7 Å². The van der Waals surface area contributed by atoms with Crippen molar-refractivity contribution in [3.63, 3.8) is 0 Å². The quantitative estimate of drug-likeness (QED) is 0.262. The standard InChI is InChI=1S/C41H65N7O9/c1-12-32-41(8)35(48(39(52)57-41)19-15-18-47-23-30(44-45-47)29-16-13-14-17-42-29)28(6)43-22-24(2)21-40(7,53-11)36(26(4)33(49)27(5)37(51)55-32)56-38-34(50)31(46(9)10)20-25(3)54-38/h13-14,16-17,23-28,31-32,34-36,38,43,50H,12,15,18-22H2,1-11H3/t24-,25?,26+,27-,28-,31?,32-,34?,35-,36-,38+,40-,41-/m1/s1. The molecule has 0 aromatic carbocycles. The average molecular weight is 800 g/mol. The number of hydrogen-bond acceptors (Lipinski definition) is 14. The summed E-state index contributed by atoms with van der Waals surface area (Å²) in [5.41, 5.74) is -0.915. The van der Waals surface area contributed by atoms with Gasteiger partial charge in [-0.1, -0.05) is 32.1 Å². The number of aryl methyl sites for hydroxylation is 1. The fourth-order valence-electron chi connectivity index (χ4n) is 9.10. The second-order valence-corrected chi connectivity index (χ2v) is 17.0. The van der Waals surface area contributed by atoms with Crippen molar-refractivity contribution < 1.29 is 43.2 Å². The summed E-state index contributed by atoms with van der Waals surface area (Å²) in [5, 5.41) is 23.6. The molecule has 0 saturated carbocycles. The van der Waals surface area contributed by atoms with Gasteiger partial charge in [-0.3, -0.25) is 24.2 Å². The third kappa shape index (κ3) is 9.68. The van der Waals surface area contributed by atoms with Gasteiger partial charge >= 0.3 is 12.1 Å². The number of likely N-dealkylation sites (N-methyl/N-ethyl adjacent to an activating group) is 1. The smallest absolute Gasteiger partial charge is 0.410 e. The van der Waals surface area contributed by atoms with Gasteiger partial charge in [-0.25, -0.2) is 4.79 Å². The van der Waals surface area contributed by atoms with Crippen molar-refractivity contribution in [2.24, 2.45) is 17.8 Å². The van der Waals surface area contributed by atoms with Gasteiger partial charge in [0.05, 0.1) is 35.7 Å². The molecular formula is C41H65N7O9. The van der Waals surface area contributed by atoms with Crippen LogP contribution >= 0.6 is 0 Å². The molecule has 57 heavy (non-hydrogen) atoms. The molecule has 3 aliphatic heterocycles. The van der Waals surface area contributed by atoms with Gasteiger partial charge < -0.3 is 39.0 Å². The summed E-state index contributed by atoms with van der Waals surface area (Å²) in [6.45, 7) is 16.2. The Labute approximate surface area is 337 Å². The Morgan fingerprint density at radius 1 is 1.07 bits per heavy atom. The number of cyclic esters (lactones) is 1. The molecule has 0 radical (unpaired) electrons. The van der Waals surface area contributed by atoms with E-state index in [1.807, 2.05) is 78.0 Å². The van der Waals surface area contributed by atoms with Crippen molar-refractivity contribution in [3.05, 3.63) is 30.6 Å². The van der Waals surface area contributed by atoms with Gasteiger partial charge in [-0.2, -0.15) is 0 Å². The van der Waals surface area contributed by atoms with Crippen LogP contribution in [0.5, 0.6) is 0 Å². The number of ether oxygens (including phenoxy) is 5. The van der Waals surface area contributed by atoms with Gasteiger partial charge in [0.15, 0.2) is 17.7 Å². The molecule has 3 unspecified atom stereocenters. The number of fused-ring (bicyclic) bond motifs is 1. The van der Waals surface area contributed by atoms with Gasteiger partial charge in [0.2, 0.25) is 0 Å². The summed E-state index contributed by atoms with van der Waals surface area (Å²) in [7, 11) is 5.39. The maximum Gasteiger partial charge on any atom is 0.410 e. The second-order valence-electron chi connectivity index (χ2n) is 17.0. The minimum absolute atomic E-state index is 0.0165. The molecule has 0 bridgehead atoms. The molecule has 1 amide bonds. The molecule has 0 spiro atoms. The Hall–Kier alpha value is -3.54. The topological polar surface area (TPSA) is 180 Å². The monoisotopic (exact) mass is 799 g/mol. The largest absolute Gasteiger partial charge is 0.458 e. The first-order valence-corrected chi connectivity index (χ1v) is 20.4. The number of aliphatic hydroxyl groups is 1. The number of pyridine rings is 1. The van der Waals surface area contributed by atoms with E-state index in [9.17, 15) is 19.5 Å². The fraction of sp³-hybridized carbons (Fsp3) is 0.756. The number of nitrogens with one attached hydrogen (secondary N) is 1. The number of hydrogen-bond donors (Lipinski definition) is 2. The molecule has 2 aromatic heterocycles. The Morgan fingerprint density at radius 3 is 2.46 bits per heavy atom. The molecule has 13 atom stereocenters. The van der Waals surface area contributed by atoms with Crippen LogP contribution in [-0.2, 0) is 39.8 Å². The summed E-state index contributed by atoms with van der Waals surface area (Å²) < 4.78 is 33.2. The van der Waals surface area contributed by atoms with Crippen LogP contribution in [-0.4, -0.2) is 147 Å². The molecule has 5 rings (SSSR count). The van der Waals surface area contributed by atoms with Gasteiger partial charge in [-0.15, -0.1) is 5.10 Å². The molecule has 318 valence electrons. The lowest BCUT2D eigenvalue weighted by Gasteiger charge is -2.46. The van der Waals surface area contributed by atoms with E-state index in [0.29, 0.717) is 51.0 Å². The number of amides is 1. The normalized spacial score (nSPS) is 37.3. The SMILES string of the molecule is CC[C@H]1OC(=O)[C@H](C)C(=O)[C@H](C)[C@@H](O[C@@H]2OC(C)CC(N(C)C)C2O)[C@](C)(OC)C[C@@H](C)CN[C@H](C)[C@H]2N(CCCn3cc(-c4ccccn4)nn3)C(=O)O[C@]12C. The lowest BCUT2D eigenvalue weighted by molar-refractivity contribution is -0.295. The van der Waals surface area contributed by atoms with Crippen LogP contribution in [0.2, 0.25) is 0 Å². The molecule has 3 fully saturated rings. The summed E-state index contributed by atoms with van der Waals surface area (Å²) >= 11 is 0. The van der Waals surface area contributed by atoms with Gasteiger partial charge in [-0.05, 0) is 99.0 Å². The van der Waals surface area contributed by atoms with E-state index in [2.05, 4.69) is 27.5 Å². The Kier molecular flexibility index (Phi) is 14.5. The van der Waals surface area contributed by atoms with Crippen molar-refractivity contribution in [1.82, 2.24) is 35.1 Å². The highest BCUT2D eigenvalue weighted by molar-refractivity contribution is 6.00. The van der Waals surface area contributed by atoms with Gasteiger partial charge in [0.25, 0.3) is 0 Å². The average Bonchev–Trinajstić information content (AvgIpc) is 3.76. The Balaban J connectivity index is 1.41. The maximum absolute atomic E-state index is 14.4. The molecule has 2 aromatic rings. The lowest BCUT2D eigenvalue weighted by atomic mass is 9.78. The van der Waals surface area contributed by atoms with Crippen LogP contribution in [0.4, 0.5) is 4.79 Å². The van der Waals surface area contributed by atoms with E-state index in [1.54, 1.807) is 29.8 Å². The molecule has 16 heteroatoms. The highest BCUT2D eigenvalue weighted by Crippen LogP contribution is 2.40. The molecule has 0 aliphatic carbocycles. The second kappa shape index (κ2) is 18.6. The number of aliphatic hydroxyl groups excluding tert-OH is 1. The minimum Gasteiger partial charge on any atom is -0.458 e. The van der Waals surface area contributed by atoms with Crippen molar-refractivity contribution in [2.75, 3.05) is 34.3 Å². The van der Waals surface area contributed by atoms with Crippen molar-refractivity contribution in [1.29, 1.82) is 0 Å². The number of nitrogens with zero attached hydrogens (tertiary/aromatic N) is 6. The van der Waals surface area contributed by atoms with E-state index >= 15 is 0 Å². The van der Waals surface area contributed by atoms with Crippen LogP contribution in [0.1, 0.15) is 81.1 Å². The summed E-state index contributed by atoms with van der Waals surface area (Å²) in [6.07, 6.45) is 0.990. The third-order valence-corrected chi connectivity index (χ3v) is 12.3. The lowest BCUT2D eigenvalue weighted by Crippen LogP contribution is -2.61. The zero-order chi connectivity index (χ0) is 41.8. The minimum atomic E-state index is -1.24. The van der Waals surface area contributed by atoms with E-state index in [-0.39, 0.29) is 24.1 Å². The number of methoxy groups -OCH3 is 1. The Morgan fingerprint density at radius 2 is 1.81 bits per heavy atom. The number of carbonyl (C=O) groups is 3. The number of esters is 1. The van der Waals surface area contributed by atoms with Crippen molar-refractivity contribution in [2.45, 2.75) is 148 Å². The van der Waals surface area contributed by atoms with Crippen LogP contribution < -0.4 is 5.32 Å². The van der Waals surface area contributed by atoms with Gasteiger partial charge in [0.1, 0.15) is 23.8 Å². The first kappa shape index (κ1) is 44.6. The molecule has 2 N–H and O–H groups in total. The molecular weight excluding hydrogens is 734 g/mol. The first-order chi connectivity index (χ1) is 26.9. The number of ketones is 1. The van der Waals surface area contributed by atoms with Gasteiger partial charge in [0, 0.05) is 44.4 Å². The predicted octanol–water partition coefficient (Wildman–Crippen LogP) is 3.71. The molecule has 3 saturated heterocycles.